The number of carbonyl (C=O) groups excluding carboxylic acids is 2. The van der Waals surface area contributed by atoms with Gasteiger partial charge >= 0.3 is 6.09 Å². The van der Waals surface area contributed by atoms with Gasteiger partial charge in [-0.05, 0) is 12.5 Å². The molecule has 1 fully saturated rings. The van der Waals surface area contributed by atoms with E-state index in [1.807, 2.05) is 44.2 Å². The molecule has 4 nitrogen and oxygen atoms in total. The third kappa shape index (κ3) is 3.34. The minimum Gasteiger partial charge on any atom is -0.445 e. The Morgan fingerprint density at radius 2 is 2.00 bits per heavy atom. The molecule has 1 heterocycles. The monoisotopic (exact) mass is 261 g/mol. The van der Waals surface area contributed by atoms with Gasteiger partial charge < -0.3 is 9.64 Å². The molecule has 4 heteroatoms. The van der Waals surface area contributed by atoms with E-state index in [-0.39, 0.29) is 30.4 Å². The lowest BCUT2D eigenvalue weighted by molar-refractivity contribution is -0.126. The van der Waals surface area contributed by atoms with E-state index in [0.29, 0.717) is 13.0 Å². The SMILES string of the molecule is C[C@H]1CN(C(=O)OCc2ccccc2)[C@@H](C)CC1=O. The molecule has 0 N–H and O–H groups in total. The third-order valence-corrected chi connectivity index (χ3v) is 3.49. The van der Waals surface area contributed by atoms with Crippen molar-refractivity contribution >= 4 is 11.9 Å². The summed E-state index contributed by atoms with van der Waals surface area (Å²) >= 11 is 0. The van der Waals surface area contributed by atoms with E-state index in [4.69, 9.17) is 4.74 Å². The van der Waals surface area contributed by atoms with E-state index < -0.39 is 0 Å². The lowest BCUT2D eigenvalue weighted by Crippen LogP contribution is -2.48. The third-order valence-electron chi connectivity index (χ3n) is 3.49. The highest BCUT2D eigenvalue weighted by Crippen LogP contribution is 2.19. The van der Waals surface area contributed by atoms with E-state index in [9.17, 15) is 9.59 Å². The van der Waals surface area contributed by atoms with Crippen LogP contribution >= 0.6 is 0 Å². The predicted octanol–water partition coefficient (Wildman–Crippen LogP) is 2.62. The van der Waals surface area contributed by atoms with Crippen molar-refractivity contribution in [3.8, 4) is 0 Å². The van der Waals surface area contributed by atoms with Crippen LogP contribution in [0.25, 0.3) is 0 Å². The lowest BCUT2D eigenvalue weighted by Gasteiger charge is -2.34. The number of amides is 1. The average molecular weight is 261 g/mol. The van der Waals surface area contributed by atoms with E-state index in [1.54, 1.807) is 4.90 Å². The minimum absolute atomic E-state index is 0.0769. The van der Waals surface area contributed by atoms with Crippen LogP contribution < -0.4 is 0 Å². The zero-order valence-electron chi connectivity index (χ0n) is 11.3. The second-order valence-electron chi connectivity index (χ2n) is 5.11. The minimum atomic E-state index is -0.337. The second-order valence-corrected chi connectivity index (χ2v) is 5.11. The summed E-state index contributed by atoms with van der Waals surface area (Å²) in [5, 5.41) is 0. The molecule has 19 heavy (non-hydrogen) atoms. The molecule has 0 radical (unpaired) electrons. The summed E-state index contributed by atoms with van der Waals surface area (Å²) in [4.78, 5) is 25.2. The molecule has 1 aromatic rings. The van der Waals surface area contributed by atoms with Crippen LogP contribution in [0.5, 0.6) is 0 Å². The molecule has 2 atom stereocenters. The molecule has 0 aromatic heterocycles. The van der Waals surface area contributed by atoms with Crippen molar-refractivity contribution in [2.75, 3.05) is 6.54 Å². The molecule has 0 aliphatic carbocycles. The number of hydrogen-bond donors (Lipinski definition) is 0. The Kier molecular flexibility index (Phi) is 4.20. The fraction of sp³-hybridized carbons (Fsp3) is 0.467. The number of hydrogen-bond acceptors (Lipinski definition) is 3. The number of ketones is 1. The lowest BCUT2D eigenvalue weighted by atomic mass is 9.94. The summed E-state index contributed by atoms with van der Waals surface area (Å²) in [6.07, 6.45) is 0.0809. The number of Topliss-reactive ketones (excluding diaryl/α,β-unsaturated/α-hetero) is 1. The fourth-order valence-corrected chi connectivity index (χ4v) is 2.24. The molecule has 0 unspecified atom stereocenters. The Morgan fingerprint density at radius 3 is 2.68 bits per heavy atom. The summed E-state index contributed by atoms with van der Waals surface area (Å²) in [5.74, 6) is 0.125. The van der Waals surface area contributed by atoms with Crippen molar-refractivity contribution in [2.45, 2.75) is 32.9 Å². The quantitative estimate of drug-likeness (QED) is 0.822. The topological polar surface area (TPSA) is 46.6 Å². The van der Waals surface area contributed by atoms with Crippen molar-refractivity contribution in [3.63, 3.8) is 0 Å². The van der Waals surface area contributed by atoms with Crippen LogP contribution in [0.4, 0.5) is 4.79 Å². The molecule has 2 rings (SSSR count). The van der Waals surface area contributed by atoms with Crippen molar-refractivity contribution in [1.82, 2.24) is 4.90 Å². The standard InChI is InChI=1S/C15H19NO3/c1-11-9-16(12(2)8-14(11)17)15(18)19-10-13-6-4-3-5-7-13/h3-7,11-12H,8-10H2,1-2H3/t11-,12-/m0/s1. The van der Waals surface area contributed by atoms with Crippen LogP contribution in [0.3, 0.4) is 0 Å². The fourth-order valence-electron chi connectivity index (χ4n) is 2.24. The zero-order valence-corrected chi connectivity index (χ0v) is 11.3. The molecular weight excluding hydrogens is 242 g/mol. The van der Waals surface area contributed by atoms with Gasteiger partial charge in [0.15, 0.2) is 0 Å². The number of carbonyl (C=O) groups is 2. The van der Waals surface area contributed by atoms with Crippen molar-refractivity contribution in [2.24, 2.45) is 5.92 Å². The van der Waals surface area contributed by atoms with Gasteiger partial charge in [0.05, 0.1) is 0 Å². The van der Waals surface area contributed by atoms with Gasteiger partial charge in [-0.15, -0.1) is 0 Å². The Morgan fingerprint density at radius 1 is 1.32 bits per heavy atom. The maximum Gasteiger partial charge on any atom is 0.410 e. The molecule has 1 aliphatic heterocycles. The van der Waals surface area contributed by atoms with Crippen LogP contribution in [-0.4, -0.2) is 29.4 Å². The Labute approximate surface area is 113 Å². The maximum atomic E-state index is 12.0. The first-order valence-corrected chi connectivity index (χ1v) is 6.58. The number of rotatable bonds is 2. The van der Waals surface area contributed by atoms with Gasteiger partial charge in [0, 0.05) is 24.9 Å². The average Bonchev–Trinajstić information content (AvgIpc) is 2.41. The maximum absolute atomic E-state index is 12.0. The van der Waals surface area contributed by atoms with Crippen LogP contribution in [0.1, 0.15) is 25.8 Å². The molecule has 1 amide bonds. The van der Waals surface area contributed by atoms with Crippen molar-refractivity contribution in [3.05, 3.63) is 35.9 Å². The number of nitrogens with zero attached hydrogens (tertiary/aromatic N) is 1. The smallest absolute Gasteiger partial charge is 0.410 e. The van der Waals surface area contributed by atoms with Crippen molar-refractivity contribution in [1.29, 1.82) is 0 Å². The Bertz CT molecular complexity index is 458. The largest absolute Gasteiger partial charge is 0.445 e. The van der Waals surface area contributed by atoms with E-state index in [2.05, 4.69) is 0 Å². The van der Waals surface area contributed by atoms with Crippen LogP contribution in [-0.2, 0) is 16.1 Å². The molecular formula is C15H19NO3. The number of benzene rings is 1. The van der Waals surface area contributed by atoms with Gasteiger partial charge in [-0.25, -0.2) is 4.79 Å². The molecule has 1 aliphatic rings. The number of likely N-dealkylation sites (tertiary alicyclic amines) is 1. The zero-order chi connectivity index (χ0) is 13.8. The molecule has 102 valence electrons. The summed E-state index contributed by atoms with van der Waals surface area (Å²) in [6, 6.07) is 9.50. The molecule has 0 spiro atoms. The molecule has 1 saturated heterocycles. The Hall–Kier alpha value is -1.84. The van der Waals surface area contributed by atoms with E-state index in [0.717, 1.165) is 5.56 Å². The first-order valence-electron chi connectivity index (χ1n) is 6.58. The number of piperidine rings is 1. The summed E-state index contributed by atoms with van der Waals surface area (Å²) in [5.41, 5.74) is 0.963. The van der Waals surface area contributed by atoms with Gasteiger partial charge in [-0.2, -0.15) is 0 Å². The highest BCUT2D eigenvalue weighted by molar-refractivity contribution is 5.84. The van der Waals surface area contributed by atoms with E-state index >= 15 is 0 Å². The highest BCUT2D eigenvalue weighted by atomic mass is 16.6. The second kappa shape index (κ2) is 5.87. The molecule has 0 bridgehead atoms. The summed E-state index contributed by atoms with van der Waals surface area (Å²) < 4.78 is 5.30. The van der Waals surface area contributed by atoms with Crippen LogP contribution in [0.15, 0.2) is 30.3 Å². The van der Waals surface area contributed by atoms with Crippen LogP contribution in [0.2, 0.25) is 0 Å². The number of ether oxygens (including phenoxy) is 1. The molecule has 0 saturated carbocycles. The van der Waals surface area contributed by atoms with Gasteiger partial charge in [0.25, 0.3) is 0 Å². The summed E-state index contributed by atoms with van der Waals surface area (Å²) in [7, 11) is 0. The van der Waals surface area contributed by atoms with Gasteiger partial charge in [0.1, 0.15) is 12.4 Å². The predicted molar refractivity (Wildman–Crippen MR) is 71.6 cm³/mol. The van der Waals surface area contributed by atoms with Gasteiger partial charge in [-0.3, -0.25) is 4.79 Å². The first-order chi connectivity index (χ1) is 9.08. The molecule has 1 aromatic carbocycles. The Balaban J connectivity index is 1.91. The summed E-state index contributed by atoms with van der Waals surface area (Å²) in [6.45, 7) is 4.46. The van der Waals surface area contributed by atoms with Gasteiger partial charge in [0.2, 0.25) is 0 Å². The first kappa shape index (κ1) is 13.6. The highest BCUT2D eigenvalue weighted by Gasteiger charge is 2.32. The van der Waals surface area contributed by atoms with Crippen molar-refractivity contribution < 1.29 is 14.3 Å². The normalized spacial score (nSPS) is 23.3. The van der Waals surface area contributed by atoms with E-state index in [1.165, 1.54) is 0 Å². The van der Waals surface area contributed by atoms with Gasteiger partial charge in [-0.1, -0.05) is 37.3 Å². The van der Waals surface area contributed by atoms with Crippen LogP contribution in [0, 0.1) is 5.92 Å².